The third-order valence-electron chi connectivity index (χ3n) is 5.92. The van der Waals surface area contributed by atoms with E-state index in [0.29, 0.717) is 11.8 Å². The molecule has 2 heterocycles. The van der Waals surface area contributed by atoms with E-state index in [9.17, 15) is 9.59 Å². The Bertz CT molecular complexity index is 653. The molecule has 4 heteroatoms. The summed E-state index contributed by atoms with van der Waals surface area (Å²) in [6, 6.07) is 8.10. The number of benzene rings is 1. The van der Waals surface area contributed by atoms with Crippen molar-refractivity contribution in [3.63, 3.8) is 0 Å². The van der Waals surface area contributed by atoms with Crippen LogP contribution in [-0.4, -0.2) is 24.5 Å². The molecular formula is C17H17NO3. The van der Waals surface area contributed by atoms with Crippen molar-refractivity contribution in [2.24, 2.45) is 23.7 Å². The van der Waals surface area contributed by atoms with Gasteiger partial charge in [0.05, 0.1) is 11.8 Å². The van der Waals surface area contributed by atoms with E-state index in [2.05, 4.69) is 6.07 Å². The highest BCUT2D eigenvalue weighted by Gasteiger charge is 2.64. The molecule has 0 aromatic heterocycles. The molecule has 0 radical (unpaired) electrons. The minimum atomic E-state index is -0.172. The topological polar surface area (TPSA) is 46.6 Å². The molecule has 3 fully saturated rings. The lowest BCUT2D eigenvalue weighted by Crippen LogP contribution is -2.42. The first-order valence-corrected chi connectivity index (χ1v) is 7.84. The van der Waals surface area contributed by atoms with Crippen molar-refractivity contribution in [3.05, 3.63) is 29.8 Å². The molecule has 1 aromatic rings. The third kappa shape index (κ3) is 1.40. The predicted octanol–water partition coefficient (Wildman–Crippen LogP) is 1.77. The first kappa shape index (κ1) is 11.8. The van der Waals surface area contributed by atoms with Gasteiger partial charge in [-0.25, -0.2) is 0 Å². The van der Waals surface area contributed by atoms with Gasteiger partial charge < -0.3 is 9.64 Å². The zero-order chi connectivity index (χ0) is 14.1. The zero-order valence-electron chi connectivity index (χ0n) is 11.7. The SMILES string of the molecule is O=C1O[C@@H]2C[C@@H]3C[C@H]2[C@@H]1[C@H]3C(=O)N1CCc2ccccc21. The fourth-order valence-corrected chi connectivity index (χ4v) is 5.09. The van der Waals surface area contributed by atoms with Crippen molar-refractivity contribution in [3.8, 4) is 0 Å². The highest BCUT2D eigenvalue weighted by atomic mass is 16.6. The van der Waals surface area contributed by atoms with Crippen LogP contribution in [0, 0.1) is 23.7 Å². The van der Waals surface area contributed by atoms with Gasteiger partial charge >= 0.3 is 5.97 Å². The molecule has 5 rings (SSSR count). The molecule has 108 valence electrons. The number of para-hydroxylation sites is 1. The van der Waals surface area contributed by atoms with E-state index in [-0.39, 0.29) is 29.8 Å². The highest BCUT2D eigenvalue weighted by molar-refractivity contribution is 6.00. The molecule has 0 unspecified atom stereocenters. The predicted molar refractivity (Wildman–Crippen MR) is 75.6 cm³/mol. The normalized spacial score (nSPS) is 38.8. The summed E-state index contributed by atoms with van der Waals surface area (Å²) >= 11 is 0. The van der Waals surface area contributed by atoms with Gasteiger partial charge in [0.25, 0.3) is 0 Å². The molecule has 1 amide bonds. The number of hydrogen-bond donors (Lipinski definition) is 0. The van der Waals surface area contributed by atoms with Crippen molar-refractivity contribution >= 4 is 17.6 Å². The number of hydrogen-bond acceptors (Lipinski definition) is 3. The molecule has 2 aliphatic heterocycles. The van der Waals surface area contributed by atoms with Crippen LogP contribution in [0.15, 0.2) is 24.3 Å². The number of rotatable bonds is 1. The quantitative estimate of drug-likeness (QED) is 0.738. The van der Waals surface area contributed by atoms with Crippen LogP contribution >= 0.6 is 0 Å². The lowest BCUT2D eigenvalue weighted by Gasteiger charge is -2.28. The summed E-state index contributed by atoms with van der Waals surface area (Å²) in [5.41, 5.74) is 2.27. The maximum atomic E-state index is 13.1. The van der Waals surface area contributed by atoms with E-state index in [0.717, 1.165) is 31.5 Å². The second kappa shape index (κ2) is 3.87. The molecule has 2 bridgehead atoms. The second-order valence-electron chi connectivity index (χ2n) is 6.79. The van der Waals surface area contributed by atoms with Crippen molar-refractivity contribution in [2.75, 3.05) is 11.4 Å². The number of ether oxygens (including phenoxy) is 1. The minimum Gasteiger partial charge on any atom is -0.462 e. The fourth-order valence-electron chi connectivity index (χ4n) is 5.09. The number of anilines is 1. The van der Waals surface area contributed by atoms with Crippen LogP contribution in [0.5, 0.6) is 0 Å². The molecule has 2 aliphatic carbocycles. The zero-order valence-corrected chi connectivity index (χ0v) is 11.7. The summed E-state index contributed by atoms with van der Waals surface area (Å²) in [4.78, 5) is 27.0. The first-order chi connectivity index (χ1) is 10.2. The van der Waals surface area contributed by atoms with Gasteiger partial charge in [0.15, 0.2) is 0 Å². The van der Waals surface area contributed by atoms with E-state index in [4.69, 9.17) is 4.74 Å². The molecule has 1 aromatic carbocycles. The molecule has 0 N–H and O–H groups in total. The minimum absolute atomic E-state index is 0.0995. The van der Waals surface area contributed by atoms with Crippen LogP contribution in [0.2, 0.25) is 0 Å². The summed E-state index contributed by atoms with van der Waals surface area (Å²) in [7, 11) is 0. The Balaban J connectivity index is 1.49. The van der Waals surface area contributed by atoms with E-state index in [1.54, 1.807) is 0 Å². The molecule has 5 atom stereocenters. The van der Waals surface area contributed by atoms with E-state index in [1.165, 1.54) is 5.56 Å². The van der Waals surface area contributed by atoms with Gasteiger partial charge in [0.1, 0.15) is 6.10 Å². The lowest BCUT2D eigenvalue weighted by molar-refractivity contribution is -0.145. The number of esters is 1. The maximum absolute atomic E-state index is 13.1. The summed E-state index contributed by atoms with van der Waals surface area (Å²) < 4.78 is 5.44. The summed E-state index contributed by atoms with van der Waals surface area (Å²) in [5, 5.41) is 0. The summed E-state index contributed by atoms with van der Waals surface area (Å²) in [5.74, 6) is 0.345. The average Bonchev–Trinajstić information content (AvgIpc) is 3.19. The average molecular weight is 283 g/mol. The smallest absolute Gasteiger partial charge is 0.310 e. The van der Waals surface area contributed by atoms with Crippen LogP contribution in [0.25, 0.3) is 0 Å². The Kier molecular flexibility index (Phi) is 2.17. The number of carbonyl (C=O) groups excluding carboxylic acids is 2. The maximum Gasteiger partial charge on any atom is 0.310 e. The van der Waals surface area contributed by atoms with Gasteiger partial charge in [-0.05, 0) is 36.8 Å². The monoisotopic (exact) mass is 283 g/mol. The largest absolute Gasteiger partial charge is 0.462 e. The molecule has 4 nitrogen and oxygen atoms in total. The van der Waals surface area contributed by atoms with Crippen LogP contribution in [-0.2, 0) is 20.7 Å². The molecule has 21 heavy (non-hydrogen) atoms. The van der Waals surface area contributed by atoms with Gasteiger partial charge in [0, 0.05) is 18.2 Å². The highest BCUT2D eigenvalue weighted by Crippen LogP contribution is 2.58. The Morgan fingerprint density at radius 3 is 3.00 bits per heavy atom. The number of fused-ring (bicyclic) bond motifs is 2. The van der Waals surface area contributed by atoms with E-state index < -0.39 is 0 Å². The van der Waals surface area contributed by atoms with E-state index >= 15 is 0 Å². The molecule has 1 saturated heterocycles. The van der Waals surface area contributed by atoms with Crippen molar-refractivity contribution < 1.29 is 14.3 Å². The molecule has 0 spiro atoms. The number of carbonyl (C=O) groups is 2. The Labute approximate surface area is 123 Å². The van der Waals surface area contributed by atoms with Crippen molar-refractivity contribution in [1.82, 2.24) is 0 Å². The Morgan fingerprint density at radius 2 is 2.10 bits per heavy atom. The summed E-state index contributed by atoms with van der Waals surface area (Å²) in [6.07, 6.45) is 2.90. The van der Waals surface area contributed by atoms with Gasteiger partial charge in [-0.1, -0.05) is 18.2 Å². The molecular weight excluding hydrogens is 266 g/mol. The fraction of sp³-hybridized carbons (Fsp3) is 0.529. The van der Waals surface area contributed by atoms with Gasteiger partial charge in [-0.2, -0.15) is 0 Å². The number of nitrogens with zero attached hydrogens (tertiary/aromatic N) is 1. The Hall–Kier alpha value is -1.84. The van der Waals surface area contributed by atoms with Crippen molar-refractivity contribution in [2.45, 2.75) is 25.4 Å². The molecule has 4 aliphatic rings. The molecule has 2 saturated carbocycles. The first-order valence-electron chi connectivity index (χ1n) is 7.84. The van der Waals surface area contributed by atoms with Crippen molar-refractivity contribution in [1.29, 1.82) is 0 Å². The van der Waals surface area contributed by atoms with Gasteiger partial charge in [-0.3, -0.25) is 9.59 Å². The van der Waals surface area contributed by atoms with Crippen LogP contribution < -0.4 is 4.90 Å². The lowest BCUT2D eigenvalue weighted by atomic mass is 9.79. The van der Waals surface area contributed by atoms with Gasteiger partial charge in [0.2, 0.25) is 5.91 Å². The number of amides is 1. The van der Waals surface area contributed by atoms with Crippen LogP contribution in [0.1, 0.15) is 18.4 Å². The van der Waals surface area contributed by atoms with Gasteiger partial charge in [-0.15, -0.1) is 0 Å². The third-order valence-corrected chi connectivity index (χ3v) is 5.92. The summed E-state index contributed by atoms with van der Waals surface area (Å²) in [6.45, 7) is 0.747. The Morgan fingerprint density at radius 1 is 1.24 bits per heavy atom. The van der Waals surface area contributed by atoms with Crippen LogP contribution in [0.3, 0.4) is 0 Å². The second-order valence-corrected chi connectivity index (χ2v) is 6.79. The van der Waals surface area contributed by atoms with E-state index in [1.807, 2.05) is 23.1 Å². The van der Waals surface area contributed by atoms with Crippen LogP contribution in [0.4, 0.5) is 5.69 Å². The standard InChI is InChI=1S/C17H17NO3/c19-16(18-6-5-9-3-1-2-4-12(9)18)14-10-7-11-13(8-10)21-17(20)15(11)14/h1-4,10-11,13-15H,5-8H2/t10-,11+,13+,14-,15+/m0/s1.